The summed E-state index contributed by atoms with van der Waals surface area (Å²) in [6, 6.07) is 4.48. The van der Waals surface area contributed by atoms with E-state index in [9.17, 15) is 9.50 Å². The first-order valence-electron chi connectivity index (χ1n) is 5.96. The molecule has 0 radical (unpaired) electrons. The zero-order valence-corrected chi connectivity index (χ0v) is 10.5. The topological polar surface area (TPSA) is 63.9 Å². The zero-order chi connectivity index (χ0) is 13.5. The highest BCUT2D eigenvalue weighted by Crippen LogP contribution is 2.17. The molecule has 102 valence electrons. The van der Waals surface area contributed by atoms with E-state index in [2.05, 4.69) is 0 Å². The second-order valence-electron chi connectivity index (χ2n) is 4.27. The Hall–Kier alpha value is -1.01. The number of aliphatic hydroxyl groups is 3. The molecule has 0 heterocycles. The van der Waals surface area contributed by atoms with Crippen LogP contribution in [0, 0.1) is 12.7 Å². The second kappa shape index (κ2) is 7.43. The minimum atomic E-state index is -0.762. The molecule has 1 rings (SSSR count). The van der Waals surface area contributed by atoms with Crippen molar-refractivity contribution in [2.45, 2.75) is 13.0 Å². The maximum atomic E-state index is 13.1. The third-order valence-corrected chi connectivity index (χ3v) is 2.83. The van der Waals surface area contributed by atoms with Gasteiger partial charge in [-0.2, -0.15) is 0 Å². The van der Waals surface area contributed by atoms with Crippen molar-refractivity contribution in [3.63, 3.8) is 0 Å². The molecule has 18 heavy (non-hydrogen) atoms. The van der Waals surface area contributed by atoms with Crippen molar-refractivity contribution < 1.29 is 19.7 Å². The summed E-state index contributed by atoms with van der Waals surface area (Å²) in [6.07, 6.45) is -0.762. The second-order valence-corrected chi connectivity index (χ2v) is 4.27. The zero-order valence-electron chi connectivity index (χ0n) is 10.5. The number of rotatable bonds is 7. The van der Waals surface area contributed by atoms with Crippen molar-refractivity contribution in [1.29, 1.82) is 0 Å². The molecule has 0 aliphatic rings. The van der Waals surface area contributed by atoms with E-state index in [1.807, 2.05) is 0 Å². The van der Waals surface area contributed by atoms with Crippen LogP contribution in [0.3, 0.4) is 0 Å². The molecule has 0 saturated heterocycles. The SMILES string of the molecule is Cc1cc(C(O)CN(CCO)CCO)ccc1F. The van der Waals surface area contributed by atoms with Crippen molar-refractivity contribution in [3.05, 3.63) is 35.1 Å². The Morgan fingerprint density at radius 1 is 1.22 bits per heavy atom. The van der Waals surface area contributed by atoms with Crippen LogP contribution in [-0.2, 0) is 0 Å². The molecular formula is C13H20FNO3. The van der Waals surface area contributed by atoms with Crippen LogP contribution >= 0.6 is 0 Å². The molecule has 0 saturated carbocycles. The molecule has 5 heteroatoms. The van der Waals surface area contributed by atoms with Crippen LogP contribution < -0.4 is 0 Å². The van der Waals surface area contributed by atoms with Crippen LogP contribution in [0.15, 0.2) is 18.2 Å². The van der Waals surface area contributed by atoms with E-state index in [4.69, 9.17) is 10.2 Å². The first-order valence-corrected chi connectivity index (χ1v) is 5.96. The summed E-state index contributed by atoms with van der Waals surface area (Å²) in [5.41, 5.74) is 1.12. The molecule has 0 aliphatic carbocycles. The van der Waals surface area contributed by atoms with E-state index in [0.717, 1.165) is 0 Å². The molecule has 1 aromatic carbocycles. The molecule has 0 spiro atoms. The normalized spacial score (nSPS) is 13.0. The molecule has 1 aromatic rings. The van der Waals surface area contributed by atoms with Gasteiger partial charge in [0.2, 0.25) is 0 Å². The number of aryl methyl sites for hydroxylation is 1. The summed E-state index contributed by atoms with van der Waals surface area (Å²) in [6.45, 7) is 2.65. The Labute approximate surface area is 106 Å². The standard InChI is InChI=1S/C13H20FNO3/c1-10-8-11(2-3-12(10)14)13(18)9-15(4-6-16)5-7-17/h2-3,8,13,16-18H,4-7,9H2,1H3. The molecule has 1 atom stereocenters. The number of nitrogens with zero attached hydrogens (tertiary/aromatic N) is 1. The Balaban J connectivity index is 2.67. The lowest BCUT2D eigenvalue weighted by atomic mass is 10.1. The highest BCUT2D eigenvalue weighted by atomic mass is 19.1. The molecule has 0 aliphatic heterocycles. The third kappa shape index (κ3) is 4.34. The quantitative estimate of drug-likeness (QED) is 0.664. The van der Waals surface area contributed by atoms with Crippen LogP contribution in [0.2, 0.25) is 0 Å². The molecule has 0 amide bonds. The predicted molar refractivity (Wildman–Crippen MR) is 66.7 cm³/mol. The number of hydrogen-bond acceptors (Lipinski definition) is 4. The van der Waals surface area contributed by atoms with E-state index in [0.29, 0.717) is 30.8 Å². The lowest BCUT2D eigenvalue weighted by Crippen LogP contribution is -2.33. The average molecular weight is 257 g/mol. The number of benzene rings is 1. The maximum Gasteiger partial charge on any atom is 0.126 e. The van der Waals surface area contributed by atoms with Gasteiger partial charge >= 0.3 is 0 Å². The lowest BCUT2D eigenvalue weighted by Gasteiger charge is -2.23. The summed E-state index contributed by atoms with van der Waals surface area (Å²) < 4.78 is 13.1. The maximum absolute atomic E-state index is 13.1. The summed E-state index contributed by atoms with van der Waals surface area (Å²) >= 11 is 0. The molecule has 0 aromatic heterocycles. The molecule has 0 fully saturated rings. The summed E-state index contributed by atoms with van der Waals surface area (Å²) in [4.78, 5) is 1.75. The number of hydrogen-bond donors (Lipinski definition) is 3. The largest absolute Gasteiger partial charge is 0.395 e. The fourth-order valence-electron chi connectivity index (χ4n) is 1.80. The third-order valence-electron chi connectivity index (χ3n) is 2.83. The van der Waals surface area contributed by atoms with Gasteiger partial charge in [0.1, 0.15) is 5.82 Å². The van der Waals surface area contributed by atoms with Gasteiger partial charge in [0.25, 0.3) is 0 Å². The lowest BCUT2D eigenvalue weighted by molar-refractivity contribution is 0.0874. The fourth-order valence-corrected chi connectivity index (χ4v) is 1.80. The van der Waals surface area contributed by atoms with Crippen molar-refractivity contribution in [2.75, 3.05) is 32.8 Å². The van der Waals surface area contributed by atoms with E-state index in [1.54, 1.807) is 24.0 Å². The molecule has 3 N–H and O–H groups in total. The smallest absolute Gasteiger partial charge is 0.126 e. The van der Waals surface area contributed by atoms with Crippen LogP contribution in [0.1, 0.15) is 17.2 Å². The average Bonchev–Trinajstić information content (AvgIpc) is 2.33. The highest BCUT2D eigenvalue weighted by Gasteiger charge is 2.13. The van der Waals surface area contributed by atoms with Gasteiger partial charge in [-0.1, -0.05) is 12.1 Å². The van der Waals surface area contributed by atoms with Crippen molar-refractivity contribution in [3.8, 4) is 0 Å². The van der Waals surface area contributed by atoms with E-state index in [-0.39, 0.29) is 19.0 Å². The molecule has 0 bridgehead atoms. The van der Waals surface area contributed by atoms with E-state index < -0.39 is 6.10 Å². The number of aliphatic hydroxyl groups excluding tert-OH is 3. The van der Waals surface area contributed by atoms with Crippen LogP contribution in [0.5, 0.6) is 0 Å². The van der Waals surface area contributed by atoms with Crippen molar-refractivity contribution in [2.24, 2.45) is 0 Å². The Morgan fingerprint density at radius 3 is 2.33 bits per heavy atom. The highest BCUT2D eigenvalue weighted by molar-refractivity contribution is 5.25. The first kappa shape index (κ1) is 15.0. The van der Waals surface area contributed by atoms with Gasteiger partial charge in [-0.05, 0) is 24.1 Å². The minimum absolute atomic E-state index is 0.0326. The van der Waals surface area contributed by atoms with Gasteiger partial charge in [-0.25, -0.2) is 4.39 Å². The Kier molecular flexibility index (Phi) is 6.21. The van der Waals surface area contributed by atoms with Crippen molar-refractivity contribution in [1.82, 2.24) is 4.90 Å². The summed E-state index contributed by atoms with van der Waals surface area (Å²) in [5, 5.41) is 27.8. The Bertz CT molecular complexity index is 367. The summed E-state index contributed by atoms with van der Waals surface area (Å²) in [7, 11) is 0. The van der Waals surface area contributed by atoms with Crippen LogP contribution in [-0.4, -0.2) is 53.1 Å². The predicted octanol–water partition coefficient (Wildman–Crippen LogP) is 0.454. The molecule has 4 nitrogen and oxygen atoms in total. The van der Waals surface area contributed by atoms with Gasteiger partial charge in [0.15, 0.2) is 0 Å². The van der Waals surface area contributed by atoms with E-state index >= 15 is 0 Å². The van der Waals surface area contributed by atoms with Gasteiger partial charge in [0, 0.05) is 19.6 Å². The monoisotopic (exact) mass is 257 g/mol. The number of halogens is 1. The van der Waals surface area contributed by atoms with Crippen molar-refractivity contribution >= 4 is 0 Å². The van der Waals surface area contributed by atoms with Gasteiger partial charge in [-0.15, -0.1) is 0 Å². The summed E-state index contributed by atoms with van der Waals surface area (Å²) in [5.74, 6) is -0.298. The molecule has 1 unspecified atom stereocenters. The Morgan fingerprint density at radius 2 is 1.83 bits per heavy atom. The minimum Gasteiger partial charge on any atom is -0.395 e. The van der Waals surface area contributed by atoms with Gasteiger partial charge in [0.05, 0.1) is 19.3 Å². The fraction of sp³-hybridized carbons (Fsp3) is 0.538. The van der Waals surface area contributed by atoms with Gasteiger partial charge < -0.3 is 15.3 Å². The molecular weight excluding hydrogens is 237 g/mol. The van der Waals surface area contributed by atoms with Crippen LogP contribution in [0.4, 0.5) is 4.39 Å². The van der Waals surface area contributed by atoms with E-state index in [1.165, 1.54) is 6.07 Å². The van der Waals surface area contributed by atoms with Gasteiger partial charge in [-0.3, -0.25) is 4.90 Å². The van der Waals surface area contributed by atoms with Crippen LogP contribution in [0.25, 0.3) is 0 Å². The first-order chi connectivity index (χ1) is 8.58.